The molecule has 5 heteroatoms. The first kappa shape index (κ1) is 14.6. The number of aryl methyl sites for hydroxylation is 2. The van der Waals surface area contributed by atoms with Crippen molar-refractivity contribution in [3.8, 4) is 5.75 Å². The topological polar surface area (TPSA) is 86.6 Å². The molecule has 0 aliphatic heterocycles. The Morgan fingerprint density at radius 1 is 1.10 bits per heavy atom. The molecular formula is C16H15NO4. The summed E-state index contributed by atoms with van der Waals surface area (Å²) in [4.78, 5) is 23.5. The number of carboxylic acid groups (broad SMARTS) is 1. The van der Waals surface area contributed by atoms with E-state index in [2.05, 4.69) is 5.32 Å². The Hall–Kier alpha value is -2.82. The highest BCUT2D eigenvalue weighted by Gasteiger charge is 2.17. The van der Waals surface area contributed by atoms with Crippen molar-refractivity contribution in [1.82, 2.24) is 0 Å². The molecule has 5 nitrogen and oxygen atoms in total. The molecular weight excluding hydrogens is 270 g/mol. The van der Waals surface area contributed by atoms with Gasteiger partial charge in [-0.25, -0.2) is 4.79 Å². The number of nitrogens with one attached hydrogen (secondary N) is 1. The van der Waals surface area contributed by atoms with Gasteiger partial charge in [-0.15, -0.1) is 0 Å². The third-order valence-corrected chi connectivity index (χ3v) is 3.13. The minimum atomic E-state index is -1.11. The van der Waals surface area contributed by atoms with Crippen LogP contribution in [0.2, 0.25) is 0 Å². The van der Waals surface area contributed by atoms with Crippen LogP contribution in [0.4, 0.5) is 5.69 Å². The second-order valence-corrected chi connectivity index (χ2v) is 4.78. The molecule has 0 saturated heterocycles. The molecule has 108 valence electrons. The highest BCUT2D eigenvalue weighted by atomic mass is 16.4. The third kappa shape index (κ3) is 3.02. The second-order valence-electron chi connectivity index (χ2n) is 4.78. The lowest BCUT2D eigenvalue weighted by Gasteiger charge is -2.11. The predicted molar refractivity (Wildman–Crippen MR) is 78.9 cm³/mol. The number of carboxylic acids is 1. The summed E-state index contributed by atoms with van der Waals surface area (Å²) < 4.78 is 0. The first-order valence-corrected chi connectivity index (χ1v) is 6.34. The summed E-state index contributed by atoms with van der Waals surface area (Å²) in [6, 6.07) is 9.49. The van der Waals surface area contributed by atoms with E-state index in [9.17, 15) is 19.8 Å². The van der Waals surface area contributed by atoms with Crippen molar-refractivity contribution >= 4 is 17.6 Å². The molecule has 0 atom stereocenters. The molecule has 1 amide bonds. The van der Waals surface area contributed by atoms with Crippen LogP contribution >= 0.6 is 0 Å². The number of phenols is 1. The predicted octanol–water partition coefficient (Wildman–Crippen LogP) is 2.96. The van der Waals surface area contributed by atoms with Gasteiger partial charge in [-0.05, 0) is 37.6 Å². The molecule has 0 aromatic heterocycles. The Morgan fingerprint density at radius 3 is 2.48 bits per heavy atom. The lowest BCUT2D eigenvalue weighted by Crippen LogP contribution is -2.16. The maximum absolute atomic E-state index is 12.2. The van der Waals surface area contributed by atoms with E-state index in [1.165, 1.54) is 12.1 Å². The standard InChI is InChI=1S/C16H15NO4/c1-9-6-7-13(18)11(8-9)15(19)17-12-5-3-4-10(2)14(12)16(20)21/h3-8,18H,1-2H3,(H,17,19)(H,20,21). The number of carbonyl (C=O) groups is 2. The molecule has 2 rings (SSSR count). The van der Waals surface area contributed by atoms with E-state index in [1.54, 1.807) is 38.1 Å². The number of carbonyl (C=O) groups excluding carboxylic acids is 1. The highest BCUT2D eigenvalue weighted by molar-refractivity contribution is 6.09. The van der Waals surface area contributed by atoms with E-state index in [1.807, 2.05) is 0 Å². The fourth-order valence-electron chi connectivity index (χ4n) is 2.08. The molecule has 2 aromatic rings. The molecule has 0 aliphatic carbocycles. The Morgan fingerprint density at radius 2 is 1.81 bits per heavy atom. The SMILES string of the molecule is Cc1ccc(O)c(C(=O)Nc2cccc(C)c2C(=O)O)c1. The fraction of sp³-hybridized carbons (Fsp3) is 0.125. The van der Waals surface area contributed by atoms with Gasteiger partial charge in [0.05, 0.1) is 16.8 Å². The van der Waals surface area contributed by atoms with Crippen molar-refractivity contribution < 1.29 is 19.8 Å². The molecule has 0 heterocycles. The van der Waals surface area contributed by atoms with Crippen LogP contribution < -0.4 is 5.32 Å². The van der Waals surface area contributed by atoms with E-state index in [0.29, 0.717) is 5.56 Å². The number of rotatable bonds is 3. The number of benzene rings is 2. The molecule has 0 saturated carbocycles. The zero-order valence-electron chi connectivity index (χ0n) is 11.7. The largest absolute Gasteiger partial charge is 0.507 e. The van der Waals surface area contributed by atoms with Crippen LogP contribution in [-0.2, 0) is 0 Å². The maximum atomic E-state index is 12.2. The Bertz CT molecular complexity index is 722. The van der Waals surface area contributed by atoms with Crippen molar-refractivity contribution in [3.05, 3.63) is 58.7 Å². The Labute approximate surface area is 121 Å². The van der Waals surface area contributed by atoms with Crippen LogP contribution in [0.1, 0.15) is 31.8 Å². The van der Waals surface area contributed by atoms with E-state index in [0.717, 1.165) is 5.56 Å². The molecule has 0 spiro atoms. The summed E-state index contributed by atoms with van der Waals surface area (Å²) in [7, 11) is 0. The monoisotopic (exact) mass is 285 g/mol. The van der Waals surface area contributed by atoms with E-state index >= 15 is 0 Å². The van der Waals surface area contributed by atoms with Crippen LogP contribution in [-0.4, -0.2) is 22.1 Å². The van der Waals surface area contributed by atoms with Crippen LogP contribution in [0.3, 0.4) is 0 Å². The summed E-state index contributed by atoms with van der Waals surface area (Å²) in [6.07, 6.45) is 0. The van der Waals surface area contributed by atoms with Crippen molar-refractivity contribution in [2.45, 2.75) is 13.8 Å². The number of hydrogen-bond acceptors (Lipinski definition) is 3. The molecule has 0 unspecified atom stereocenters. The fourth-order valence-corrected chi connectivity index (χ4v) is 2.08. The van der Waals surface area contributed by atoms with Crippen molar-refractivity contribution in [2.24, 2.45) is 0 Å². The third-order valence-electron chi connectivity index (χ3n) is 3.13. The molecule has 0 fully saturated rings. The first-order valence-electron chi connectivity index (χ1n) is 6.34. The molecule has 0 bridgehead atoms. The summed E-state index contributed by atoms with van der Waals surface area (Å²) in [6.45, 7) is 3.45. The average molecular weight is 285 g/mol. The Kier molecular flexibility index (Phi) is 3.93. The summed E-state index contributed by atoms with van der Waals surface area (Å²) in [5.41, 5.74) is 1.72. The molecule has 0 radical (unpaired) electrons. The van der Waals surface area contributed by atoms with E-state index < -0.39 is 11.9 Å². The van der Waals surface area contributed by atoms with E-state index in [4.69, 9.17) is 0 Å². The van der Waals surface area contributed by atoms with Crippen molar-refractivity contribution in [2.75, 3.05) is 5.32 Å². The van der Waals surface area contributed by atoms with Crippen LogP contribution in [0.15, 0.2) is 36.4 Å². The lowest BCUT2D eigenvalue weighted by atomic mass is 10.1. The zero-order valence-corrected chi connectivity index (χ0v) is 11.7. The van der Waals surface area contributed by atoms with Gasteiger partial charge in [0.25, 0.3) is 5.91 Å². The van der Waals surface area contributed by atoms with Gasteiger partial charge in [0.2, 0.25) is 0 Å². The summed E-state index contributed by atoms with van der Waals surface area (Å²) >= 11 is 0. The number of hydrogen-bond donors (Lipinski definition) is 3. The molecule has 2 aromatic carbocycles. The van der Waals surface area contributed by atoms with E-state index in [-0.39, 0.29) is 22.6 Å². The first-order chi connectivity index (χ1) is 9.90. The number of anilines is 1. The Balaban J connectivity index is 2.39. The smallest absolute Gasteiger partial charge is 0.338 e. The summed E-state index contributed by atoms with van der Waals surface area (Å²) in [5.74, 6) is -1.82. The maximum Gasteiger partial charge on any atom is 0.338 e. The quantitative estimate of drug-likeness (QED) is 0.809. The van der Waals surface area contributed by atoms with Crippen molar-refractivity contribution in [3.63, 3.8) is 0 Å². The molecule has 0 aliphatic rings. The zero-order chi connectivity index (χ0) is 15.6. The normalized spacial score (nSPS) is 10.2. The average Bonchev–Trinajstić information content (AvgIpc) is 2.41. The van der Waals surface area contributed by atoms with Crippen LogP contribution in [0.5, 0.6) is 5.75 Å². The number of amides is 1. The van der Waals surface area contributed by atoms with Crippen LogP contribution in [0.25, 0.3) is 0 Å². The van der Waals surface area contributed by atoms with Crippen molar-refractivity contribution in [1.29, 1.82) is 0 Å². The van der Waals surface area contributed by atoms with Gasteiger partial charge in [0.15, 0.2) is 0 Å². The van der Waals surface area contributed by atoms with Crippen LogP contribution in [0, 0.1) is 13.8 Å². The van der Waals surface area contributed by atoms with Gasteiger partial charge >= 0.3 is 5.97 Å². The lowest BCUT2D eigenvalue weighted by molar-refractivity contribution is 0.0697. The second kappa shape index (κ2) is 5.66. The van der Waals surface area contributed by atoms with Gasteiger partial charge in [0, 0.05) is 0 Å². The minimum Gasteiger partial charge on any atom is -0.507 e. The number of aromatic carboxylic acids is 1. The van der Waals surface area contributed by atoms with Gasteiger partial charge in [0.1, 0.15) is 5.75 Å². The van der Waals surface area contributed by atoms with Gasteiger partial charge in [-0.2, -0.15) is 0 Å². The summed E-state index contributed by atoms with van der Waals surface area (Å²) in [5, 5.41) is 21.5. The van der Waals surface area contributed by atoms with Gasteiger partial charge < -0.3 is 15.5 Å². The van der Waals surface area contributed by atoms with Gasteiger partial charge in [-0.1, -0.05) is 23.8 Å². The number of phenolic OH excluding ortho intramolecular Hbond substituents is 1. The minimum absolute atomic E-state index is 0.0398. The highest BCUT2D eigenvalue weighted by Crippen LogP contribution is 2.23. The van der Waals surface area contributed by atoms with Gasteiger partial charge in [-0.3, -0.25) is 4.79 Å². The molecule has 3 N–H and O–H groups in total. The number of aromatic hydroxyl groups is 1. The molecule has 21 heavy (non-hydrogen) atoms.